The highest BCUT2D eigenvalue weighted by atomic mass is 16.3. The van der Waals surface area contributed by atoms with Crippen molar-refractivity contribution in [2.75, 3.05) is 0 Å². The first-order valence-electron chi connectivity index (χ1n) is 10.0. The summed E-state index contributed by atoms with van der Waals surface area (Å²) in [4.78, 5) is 0. The number of hydrogen-bond donors (Lipinski definition) is 2. The Morgan fingerprint density at radius 2 is 1.50 bits per heavy atom. The van der Waals surface area contributed by atoms with Crippen LogP contribution >= 0.6 is 0 Å². The minimum Gasteiger partial charge on any atom is -0.392 e. The standard InChI is InChI=1S/C22H40O2/c1-6-8-10-14-18(15-11-9-7-2)20(24)22(21(3,4)5)17-13-12-16-19(22)23/h12-13,16-20,23-24H,6-11,14-15H2,1-5H3. The Kier molecular flexibility index (Phi) is 8.73. The first kappa shape index (κ1) is 21.4. The number of unbranched alkanes of at least 4 members (excludes halogenated alkanes) is 4. The van der Waals surface area contributed by atoms with Gasteiger partial charge in [0.1, 0.15) is 0 Å². The molecule has 3 unspecified atom stereocenters. The van der Waals surface area contributed by atoms with Gasteiger partial charge in [0.2, 0.25) is 0 Å². The number of rotatable bonds is 10. The van der Waals surface area contributed by atoms with E-state index in [1.807, 2.05) is 18.2 Å². The molecule has 0 aromatic rings. The summed E-state index contributed by atoms with van der Waals surface area (Å²) in [5.41, 5.74) is -0.814. The minimum atomic E-state index is -0.627. The average Bonchev–Trinajstić information content (AvgIpc) is 2.52. The van der Waals surface area contributed by atoms with Crippen LogP contribution in [0.5, 0.6) is 0 Å². The highest BCUT2D eigenvalue weighted by Crippen LogP contribution is 2.50. The summed E-state index contributed by atoms with van der Waals surface area (Å²) in [6, 6.07) is 0. The quantitative estimate of drug-likeness (QED) is 0.507. The van der Waals surface area contributed by atoms with Crippen molar-refractivity contribution >= 4 is 0 Å². The molecule has 0 amide bonds. The molecule has 0 saturated heterocycles. The summed E-state index contributed by atoms with van der Waals surface area (Å²) in [6.07, 6.45) is 15.9. The van der Waals surface area contributed by atoms with Gasteiger partial charge in [0.15, 0.2) is 0 Å². The summed E-state index contributed by atoms with van der Waals surface area (Å²) in [5, 5.41) is 22.3. The molecule has 0 aromatic heterocycles. The molecule has 0 radical (unpaired) electrons. The maximum Gasteiger partial charge on any atom is 0.0844 e. The van der Waals surface area contributed by atoms with Gasteiger partial charge in [-0.1, -0.05) is 97.4 Å². The molecule has 0 spiro atoms. The molecule has 1 aliphatic rings. The molecule has 2 heteroatoms. The van der Waals surface area contributed by atoms with Crippen LogP contribution in [0.2, 0.25) is 0 Å². The third-order valence-electron chi connectivity index (χ3n) is 5.86. The van der Waals surface area contributed by atoms with Crippen LogP contribution in [0.15, 0.2) is 24.3 Å². The van der Waals surface area contributed by atoms with E-state index in [4.69, 9.17) is 0 Å². The maximum atomic E-state index is 11.4. The van der Waals surface area contributed by atoms with Crippen LogP contribution in [0, 0.1) is 16.7 Å². The Hall–Kier alpha value is -0.600. The summed E-state index contributed by atoms with van der Waals surface area (Å²) in [7, 11) is 0. The number of aliphatic hydroxyl groups excluding tert-OH is 2. The lowest BCUT2D eigenvalue weighted by Crippen LogP contribution is -2.55. The molecule has 0 fully saturated rings. The predicted octanol–water partition coefficient (Wildman–Crippen LogP) is 5.64. The van der Waals surface area contributed by atoms with Gasteiger partial charge in [-0.05, 0) is 24.2 Å². The number of allylic oxidation sites excluding steroid dienone is 2. The second-order valence-corrected chi connectivity index (χ2v) is 8.57. The topological polar surface area (TPSA) is 40.5 Å². The van der Waals surface area contributed by atoms with E-state index < -0.39 is 17.6 Å². The molecule has 2 N–H and O–H groups in total. The van der Waals surface area contributed by atoms with Gasteiger partial charge in [-0.15, -0.1) is 0 Å². The van der Waals surface area contributed by atoms with E-state index in [-0.39, 0.29) is 11.3 Å². The minimum absolute atomic E-state index is 0.207. The summed E-state index contributed by atoms with van der Waals surface area (Å²) in [5.74, 6) is 0.258. The second-order valence-electron chi connectivity index (χ2n) is 8.57. The van der Waals surface area contributed by atoms with Crippen LogP contribution < -0.4 is 0 Å². The monoisotopic (exact) mass is 336 g/mol. The highest BCUT2D eigenvalue weighted by molar-refractivity contribution is 5.26. The zero-order valence-corrected chi connectivity index (χ0v) is 16.6. The van der Waals surface area contributed by atoms with Gasteiger partial charge < -0.3 is 10.2 Å². The molecule has 0 saturated carbocycles. The van der Waals surface area contributed by atoms with Crippen LogP contribution in [0.4, 0.5) is 0 Å². The van der Waals surface area contributed by atoms with Crippen molar-refractivity contribution in [1.29, 1.82) is 0 Å². The van der Waals surface area contributed by atoms with Crippen molar-refractivity contribution in [2.45, 2.75) is 98.2 Å². The molecular weight excluding hydrogens is 296 g/mol. The molecule has 0 heterocycles. The maximum absolute atomic E-state index is 11.4. The van der Waals surface area contributed by atoms with E-state index in [0.29, 0.717) is 0 Å². The van der Waals surface area contributed by atoms with Gasteiger partial charge in [-0.2, -0.15) is 0 Å². The van der Waals surface area contributed by atoms with Crippen molar-refractivity contribution in [3.63, 3.8) is 0 Å². The van der Waals surface area contributed by atoms with E-state index in [1.54, 1.807) is 0 Å². The van der Waals surface area contributed by atoms with Crippen LogP contribution in [0.1, 0.15) is 86.0 Å². The molecule has 1 rings (SSSR count). The lowest BCUT2D eigenvalue weighted by Gasteiger charge is -2.51. The van der Waals surface area contributed by atoms with E-state index in [0.717, 1.165) is 12.8 Å². The van der Waals surface area contributed by atoms with Crippen molar-refractivity contribution < 1.29 is 10.2 Å². The highest BCUT2D eigenvalue weighted by Gasteiger charge is 2.52. The average molecular weight is 337 g/mol. The number of hydrogen-bond acceptors (Lipinski definition) is 2. The fourth-order valence-corrected chi connectivity index (χ4v) is 4.22. The van der Waals surface area contributed by atoms with Crippen LogP contribution in [-0.4, -0.2) is 22.4 Å². The van der Waals surface area contributed by atoms with E-state index >= 15 is 0 Å². The van der Waals surface area contributed by atoms with Gasteiger partial charge >= 0.3 is 0 Å². The van der Waals surface area contributed by atoms with Crippen molar-refractivity contribution in [3.8, 4) is 0 Å². The van der Waals surface area contributed by atoms with Crippen LogP contribution in [-0.2, 0) is 0 Å². The Balaban J connectivity index is 3.03. The lowest BCUT2D eigenvalue weighted by molar-refractivity contribution is -0.111. The van der Waals surface area contributed by atoms with Gasteiger partial charge in [-0.3, -0.25) is 0 Å². The van der Waals surface area contributed by atoms with E-state index in [1.165, 1.54) is 38.5 Å². The van der Waals surface area contributed by atoms with E-state index in [9.17, 15) is 10.2 Å². The van der Waals surface area contributed by atoms with Gasteiger partial charge in [-0.25, -0.2) is 0 Å². The molecule has 3 atom stereocenters. The molecule has 1 aliphatic carbocycles. The molecule has 140 valence electrons. The Morgan fingerprint density at radius 3 is 1.92 bits per heavy atom. The molecule has 24 heavy (non-hydrogen) atoms. The van der Waals surface area contributed by atoms with Gasteiger partial charge in [0.05, 0.1) is 12.2 Å². The Bertz CT molecular complexity index is 395. The Labute approximate surface area is 150 Å². The fraction of sp³-hybridized carbons (Fsp3) is 0.818. The van der Waals surface area contributed by atoms with E-state index in [2.05, 4.69) is 40.7 Å². The molecular formula is C22H40O2. The predicted molar refractivity (Wildman–Crippen MR) is 104 cm³/mol. The third kappa shape index (κ3) is 4.95. The number of aliphatic hydroxyl groups is 2. The SMILES string of the molecule is CCCCCC(CCCCC)C(O)C1(C(C)(C)C)C=CC=CC1O. The largest absolute Gasteiger partial charge is 0.392 e. The Morgan fingerprint density at radius 1 is 0.958 bits per heavy atom. The zero-order chi connectivity index (χ0) is 18.2. The zero-order valence-electron chi connectivity index (χ0n) is 16.6. The second kappa shape index (κ2) is 9.77. The van der Waals surface area contributed by atoms with Crippen LogP contribution in [0.25, 0.3) is 0 Å². The normalized spacial score (nSPS) is 25.4. The molecule has 0 bridgehead atoms. The van der Waals surface area contributed by atoms with Gasteiger partial charge in [0.25, 0.3) is 0 Å². The lowest BCUT2D eigenvalue weighted by atomic mass is 9.56. The van der Waals surface area contributed by atoms with Crippen LogP contribution in [0.3, 0.4) is 0 Å². The fourth-order valence-electron chi connectivity index (χ4n) is 4.22. The molecule has 0 aliphatic heterocycles. The third-order valence-corrected chi connectivity index (χ3v) is 5.86. The van der Waals surface area contributed by atoms with Crippen molar-refractivity contribution in [2.24, 2.45) is 16.7 Å². The molecule has 0 aromatic carbocycles. The summed E-state index contributed by atoms with van der Waals surface area (Å²) in [6.45, 7) is 10.9. The first-order chi connectivity index (χ1) is 11.3. The first-order valence-corrected chi connectivity index (χ1v) is 10.0. The summed E-state index contributed by atoms with van der Waals surface area (Å²) < 4.78 is 0. The summed E-state index contributed by atoms with van der Waals surface area (Å²) >= 11 is 0. The van der Waals surface area contributed by atoms with Crippen molar-refractivity contribution in [3.05, 3.63) is 24.3 Å². The van der Waals surface area contributed by atoms with Crippen molar-refractivity contribution in [1.82, 2.24) is 0 Å². The molecule has 2 nitrogen and oxygen atoms in total. The smallest absolute Gasteiger partial charge is 0.0844 e. The van der Waals surface area contributed by atoms with Gasteiger partial charge in [0, 0.05) is 5.41 Å².